The van der Waals surface area contributed by atoms with Crippen LogP contribution >= 0.6 is 7.60 Å². The topological polar surface area (TPSA) is 116 Å². The minimum atomic E-state index is -4.66. The van der Waals surface area contributed by atoms with E-state index in [1.165, 1.54) is 96.3 Å². The van der Waals surface area contributed by atoms with Crippen molar-refractivity contribution in [2.24, 2.45) is 46.3 Å². The molecule has 1 heterocycles. The van der Waals surface area contributed by atoms with Gasteiger partial charge in [0.2, 0.25) is 0 Å². The Labute approximate surface area is 312 Å². The number of fused-ring (bicyclic) bond motifs is 5. The van der Waals surface area contributed by atoms with Gasteiger partial charge in [0.15, 0.2) is 11.6 Å². The molecule has 13 atom stereocenters. The van der Waals surface area contributed by atoms with E-state index in [1.54, 1.807) is 0 Å². The molecule has 0 aromatic carbocycles. The molecule has 0 bridgehead atoms. The molecule has 8 heteroatoms. The molecule has 51 heavy (non-hydrogen) atoms. The highest BCUT2D eigenvalue weighted by Crippen LogP contribution is 2.72. The molecule has 298 valence electrons. The number of unbranched alkanes of at least 4 members (excludes halogenated alkanes) is 11. The van der Waals surface area contributed by atoms with Crippen LogP contribution in [-0.2, 0) is 14.0 Å². The highest BCUT2D eigenvalue weighted by Gasteiger charge is 2.65. The van der Waals surface area contributed by atoms with Gasteiger partial charge in [0.1, 0.15) is 6.10 Å². The first-order valence-corrected chi connectivity index (χ1v) is 23.7. The van der Waals surface area contributed by atoms with Crippen molar-refractivity contribution < 1.29 is 34.0 Å². The molecule has 5 aliphatic rings. The van der Waals surface area contributed by atoms with E-state index >= 15 is 0 Å². The Hall–Kier alpha value is -0.0100. The highest BCUT2D eigenvalue weighted by molar-refractivity contribution is 7.53. The van der Waals surface area contributed by atoms with Crippen molar-refractivity contribution in [3.8, 4) is 0 Å². The van der Waals surface area contributed by atoms with E-state index in [0.717, 1.165) is 56.3 Å². The summed E-state index contributed by atoms with van der Waals surface area (Å²) in [4.78, 5) is 21.8. The number of rotatable bonds is 20. The van der Waals surface area contributed by atoms with Gasteiger partial charge in [-0.05, 0) is 111 Å². The molecule has 4 aliphatic carbocycles. The normalized spacial score (nSPS) is 40.8. The van der Waals surface area contributed by atoms with Crippen LogP contribution in [0.1, 0.15) is 195 Å². The fourth-order valence-corrected chi connectivity index (χ4v) is 14.1. The lowest BCUT2D eigenvalue weighted by Gasteiger charge is -2.62. The second kappa shape index (κ2) is 18.3. The van der Waals surface area contributed by atoms with Crippen molar-refractivity contribution in [1.29, 1.82) is 0 Å². The van der Waals surface area contributed by atoms with E-state index in [2.05, 4.69) is 34.6 Å². The predicted molar refractivity (Wildman–Crippen MR) is 206 cm³/mol. The third kappa shape index (κ3) is 9.35. The zero-order chi connectivity index (χ0) is 36.9. The number of ether oxygens (including phenoxy) is 2. The second-order valence-electron chi connectivity index (χ2n) is 19.0. The lowest BCUT2D eigenvalue weighted by Crippen LogP contribution is -2.56. The van der Waals surface area contributed by atoms with Crippen LogP contribution in [0.25, 0.3) is 0 Å². The monoisotopic (exact) mass is 739 g/mol. The predicted octanol–water partition coefficient (Wildman–Crippen LogP) is 10.9. The molecule has 7 nitrogen and oxygen atoms in total. The maximum absolute atomic E-state index is 13.3. The first-order chi connectivity index (χ1) is 24.3. The Morgan fingerprint density at radius 3 is 2.02 bits per heavy atom. The average Bonchev–Trinajstić information content (AvgIpc) is 3.63. The summed E-state index contributed by atoms with van der Waals surface area (Å²) in [7, 11) is -4.66. The summed E-state index contributed by atoms with van der Waals surface area (Å²) in [5.41, 5.74) is 0.490. The summed E-state index contributed by atoms with van der Waals surface area (Å²) < 4.78 is 25.8. The van der Waals surface area contributed by atoms with Crippen molar-refractivity contribution in [3.05, 3.63) is 0 Å². The van der Waals surface area contributed by atoms with Crippen LogP contribution in [0, 0.1) is 46.3 Å². The molecule has 0 spiro atoms. The quantitative estimate of drug-likeness (QED) is 0.0726. The zero-order valence-corrected chi connectivity index (χ0v) is 34.3. The van der Waals surface area contributed by atoms with Gasteiger partial charge < -0.3 is 29.5 Å². The summed E-state index contributed by atoms with van der Waals surface area (Å²) in [5, 5.41) is 20.3. The Morgan fingerprint density at radius 1 is 0.765 bits per heavy atom. The molecule has 0 amide bonds. The molecule has 5 fully saturated rings. The van der Waals surface area contributed by atoms with Gasteiger partial charge in [-0.1, -0.05) is 125 Å². The van der Waals surface area contributed by atoms with Crippen LogP contribution in [-0.4, -0.2) is 49.9 Å². The van der Waals surface area contributed by atoms with Crippen molar-refractivity contribution in [2.75, 3.05) is 0 Å². The second-order valence-corrected chi connectivity index (χ2v) is 20.9. The third-order valence-electron chi connectivity index (χ3n) is 15.9. The molecular formula is C43H79O7P. The van der Waals surface area contributed by atoms with Crippen LogP contribution in [0.4, 0.5) is 0 Å². The molecule has 5 rings (SSSR count). The van der Waals surface area contributed by atoms with Crippen LogP contribution < -0.4 is 0 Å². The van der Waals surface area contributed by atoms with Crippen molar-refractivity contribution in [1.82, 2.24) is 0 Å². The lowest BCUT2D eigenvalue weighted by molar-refractivity contribution is -0.222. The van der Waals surface area contributed by atoms with Crippen LogP contribution in [0.5, 0.6) is 0 Å². The smallest absolute Gasteiger partial charge is 0.357 e. The van der Waals surface area contributed by atoms with Gasteiger partial charge in [0.05, 0.1) is 12.2 Å². The Kier molecular flexibility index (Phi) is 15.1. The summed E-state index contributed by atoms with van der Waals surface area (Å²) in [6.07, 6.45) is 23.6. The number of hydrogen-bond acceptors (Lipinski definition) is 5. The SMILES string of the molecule is CCCCCCCCCCCCCCC(O)[C@H]1OC(OC2(P(=O)(O)O)CC[C@@]3(C)C(CCC4C3CC[C@@]3(C)C4CC[C@@H]3[C@H](C)CCC)C2)C[C@@H]1O. The van der Waals surface area contributed by atoms with Gasteiger partial charge in [-0.25, -0.2) is 0 Å². The van der Waals surface area contributed by atoms with Crippen LogP contribution in [0.3, 0.4) is 0 Å². The van der Waals surface area contributed by atoms with Gasteiger partial charge >= 0.3 is 7.60 Å². The fourth-order valence-electron chi connectivity index (χ4n) is 13.0. The molecule has 0 aromatic rings. The van der Waals surface area contributed by atoms with E-state index < -0.39 is 37.5 Å². The Balaban J connectivity index is 1.10. The average molecular weight is 739 g/mol. The fraction of sp³-hybridized carbons (Fsp3) is 1.00. The van der Waals surface area contributed by atoms with Gasteiger partial charge in [-0.2, -0.15) is 0 Å². The van der Waals surface area contributed by atoms with E-state index in [-0.39, 0.29) is 17.8 Å². The van der Waals surface area contributed by atoms with E-state index in [1.807, 2.05) is 0 Å². The Bertz CT molecular complexity index is 1110. The van der Waals surface area contributed by atoms with Crippen molar-refractivity contribution in [2.45, 2.75) is 225 Å². The molecule has 0 radical (unpaired) electrons. The van der Waals surface area contributed by atoms with E-state index in [4.69, 9.17) is 9.47 Å². The van der Waals surface area contributed by atoms with Crippen LogP contribution in [0.15, 0.2) is 0 Å². The lowest BCUT2D eigenvalue weighted by atomic mass is 9.44. The Morgan fingerprint density at radius 2 is 1.39 bits per heavy atom. The molecule has 1 saturated heterocycles. The summed E-state index contributed by atoms with van der Waals surface area (Å²) in [6.45, 7) is 12.1. The summed E-state index contributed by atoms with van der Waals surface area (Å²) in [6, 6.07) is 0. The van der Waals surface area contributed by atoms with Gasteiger partial charge in [-0.3, -0.25) is 4.57 Å². The summed E-state index contributed by atoms with van der Waals surface area (Å²) in [5.74, 6) is 3.90. The van der Waals surface area contributed by atoms with Crippen LogP contribution in [0.2, 0.25) is 0 Å². The van der Waals surface area contributed by atoms with E-state index in [0.29, 0.717) is 36.5 Å². The first kappa shape index (κ1) is 42.1. The molecule has 4 saturated carbocycles. The van der Waals surface area contributed by atoms with Gasteiger partial charge in [-0.15, -0.1) is 0 Å². The number of aliphatic hydroxyl groups excluding tert-OH is 2. The standard InChI is InChI=1S/C43H79O7P/c1-6-8-9-10-11-12-13-14-15-16-17-18-20-37(44)40-38(45)29-39(49-40)50-43(51(46,47)48)28-27-41(4)32(30-43)21-22-33-35-24-23-34(31(3)19-7-2)42(35,5)26-25-36(33)41/h31-40,44-45H,6-30H2,1-5H3,(H2,46,47,48)/t31-,32?,33?,34-,35?,36?,37?,38+,39?,40-,41+,42-,43?/m1/s1. The number of aliphatic hydroxyl groups is 2. The minimum Gasteiger partial charge on any atom is -0.390 e. The molecule has 0 aromatic heterocycles. The first-order valence-electron chi connectivity index (χ1n) is 22.0. The van der Waals surface area contributed by atoms with E-state index in [9.17, 15) is 24.6 Å². The maximum atomic E-state index is 13.3. The number of hydrogen-bond donors (Lipinski definition) is 4. The highest BCUT2D eigenvalue weighted by atomic mass is 31.2. The summed E-state index contributed by atoms with van der Waals surface area (Å²) >= 11 is 0. The van der Waals surface area contributed by atoms with Gasteiger partial charge in [0, 0.05) is 6.42 Å². The zero-order valence-electron chi connectivity index (χ0n) is 33.4. The largest absolute Gasteiger partial charge is 0.390 e. The maximum Gasteiger partial charge on any atom is 0.357 e. The molecule has 4 N–H and O–H groups in total. The van der Waals surface area contributed by atoms with Crippen molar-refractivity contribution >= 4 is 7.60 Å². The van der Waals surface area contributed by atoms with Gasteiger partial charge in [0.25, 0.3) is 0 Å². The third-order valence-corrected chi connectivity index (χ3v) is 17.5. The van der Waals surface area contributed by atoms with Crippen molar-refractivity contribution in [3.63, 3.8) is 0 Å². The molecule has 7 unspecified atom stereocenters. The minimum absolute atomic E-state index is 0.0580. The molecule has 1 aliphatic heterocycles. The molecular weight excluding hydrogens is 659 g/mol.